The summed E-state index contributed by atoms with van der Waals surface area (Å²) in [7, 11) is 0. The monoisotopic (exact) mass is 307 g/mol. The molecule has 0 aliphatic rings. The number of nitrogens with one attached hydrogen (secondary N) is 1. The molecule has 0 aliphatic carbocycles. The molecule has 0 amide bonds. The number of fused-ring (bicyclic) bond motifs is 1. The third-order valence-corrected chi connectivity index (χ3v) is 4.09. The van der Waals surface area contributed by atoms with E-state index < -0.39 is 5.82 Å². The molecule has 0 aliphatic heterocycles. The molecule has 2 aromatic carbocycles. The van der Waals surface area contributed by atoms with Crippen molar-refractivity contribution in [1.29, 1.82) is 0 Å². The van der Waals surface area contributed by atoms with Gasteiger partial charge in [0.05, 0.1) is 16.1 Å². The molecule has 20 heavy (non-hydrogen) atoms. The van der Waals surface area contributed by atoms with Crippen LogP contribution in [0, 0.1) is 5.82 Å². The predicted molar refractivity (Wildman–Crippen MR) is 81.5 cm³/mol. The summed E-state index contributed by atoms with van der Waals surface area (Å²) < 4.78 is 13.3. The van der Waals surface area contributed by atoms with Crippen molar-refractivity contribution in [2.24, 2.45) is 0 Å². The van der Waals surface area contributed by atoms with Crippen molar-refractivity contribution < 1.29 is 4.39 Å². The number of aromatic nitrogens is 2. The summed E-state index contributed by atoms with van der Waals surface area (Å²) in [5, 5.41) is 0.916. The van der Waals surface area contributed by atoms with Crippen LogP contribution in [0.5, 0.6) is 0 Å². The minimum absolute atomic E-state index is 0.137. The van der Waals surface area contributed by atoms with E-state index in [1.807, 2.05) is 18.2 Å². The van der Waals surface area contributed by atoms with Crippen LogP contribution >= 0.6 is 23.4 Å². The molecule has 3 nitrogen and oxygen atoms in total. The summed E-state index contributed by atoms with van der Waals surface area (Å²) in [6, 6.07) is 10.3. The number of nitrogens with zero attached hydrogens (tertiary/aromatic N) is 1. The molecule has 1 aromatic heterocycles. The fourth-order valence-corrected chi connectivity index (χ4v) is 2.80. The van der Waals surface area contributed by atoms with Gasteiger partial charge in [-0.25, -0.2) is 9.37 Å². The first kappa shape index (κ1) is 13.3. The Bertz CT molecular complexity index is 772. The Morgan fingerprint density at radius 3 is 2.90 bits per heavy atom. The highest BCUT2D eigenvalue weighted by atomic mass is 35.5. The normalized spacial score (nSPS) is 11.1. The van der Waals surface area contributed by atoms with Crippen molar-refractivity contribution in [3.63, 3.8) is 0 Å². The molecule has 6 heteroatoms. The van der Waals surface area contributed by atoms with Crippen LogP contribution < -0.4 is 5.73 Å². The second-order valence-electron chi connectivity index (χ2n) is 4.36. The smallest absolute Gasteiger partial charge is 0.166 e. The Morgan fingerprint density at radius 1 is 1.25 bits per heavy atom. The first-order valence-corrected chi connectivity index (χ1v) is 7.30. The van der Waals surface area contributed by atoms with E-state index in [-0.39, 0.29) is 5.02 Å². The van der Waals surface area contributed by atoms with Gasteiger partial charge in [-0.2, -0.15) is 0 Å². The number of hydrogen-bond donors (Lipinski definition) is 2. The van der Waals surface area contributed by atoms with E-state index in [0.717, 1.165) is 21.8 Å². The molecule has 0 radical (unpaired) electrons. The summed E-state index contributed by atoms with van der Waals surface area (Å²) in [6.45, 7) is 0. The van der Waals surface area contributed by atoms with Crippen LogP contribution in [0.2, 0.25) is 5.02 Å². The first-order chi connectivity index (χ1) is 9.61. The molecule has 0 atom stereocenters. The Balaban J connectivity index is 1.77. The van der Waals surface area contributed by atoms with Crippen molar-refractivity contribution in [3.8, 4) is 0 Å². The molecule has 0 bridgehead atoms. The van der Waals surface area contributed by atoms with E-state index in [1.54, 1.807) is 12.1 Å². The highest BCUT2D eigenvalue weighted by Crippen LogP contribution is 2.25. The predicted octanol–water partition coefficient (Wildman–Crippen LogP) is 4.23. The number of nitrogens with two attached hydrogens (primary N) is 1. The van der Waals surface area contributed by atoms with E-state index in [9.17, 15) is 4.39 Å². The molecule has 3 aromatic rings. The third-order valence-electron chi connectivity index (χ3n) is 2.84. The Morgan fingerprint density at radius 2 is 2.10 bits per heavy atom. The number of halogens is 2. The van der Waals surface area contributed by atoms with Crippen molar-refractivity contribution in [1.82, 2.24) is 9.97 Å². The van der Waals surface area contributed by atoms with Crippen LogP contribution in [0.25, 0.3) is 11.0 Å². The van der Waals surface area contributed by atoms with Gasteiger partial charge in [-0.1, -0.05) is 29.4 Å². The number of rotatable bonds is 3. The molecule has 102 valence electrons. The standard InChI is InChI=1S/C14H11ClFN3S/c15-10-3-1-8(5-11(10)16)7-20-14-18-12-4-2-9(17)6-13(12)19-14/h1-6H,7,17H2,(H,18,19). The van der Waals surface area contributed by atoms with Gasteiger partial charge in [0.1, 0.15) is 5.82 Å². The van der Waals surface area contributed by atoms with Crippen LogP contribution in [0.3, 0.4) is 0 Å². The topological polar surface area (TPSA) is 54.7 Å². The van der Waals surface area contributed by atoms with Gasteiger partial charge in [-0.3, -0.25) is 0 Å². The summed E-state index contributed by atoms with van der Waals surface area (Å²) in [4.78, 5) is 7.63. The van der Waals surface area contributed by atoms with Crippen LogP contribution in [-0.4, -0.2) is 9.97 Å². The van der Waals surface area contributed by atoms with E-state index in [0.29, 0.717) is 11.4 Å². The molecular weight excluding hydrogens is 297 g/mol. The lowest BCUT2D eigenvalue weighted by Gasteiger charge is -2.00. The summed E-state index contributed by atoms with van der Waals surface area (Å²) in [5.74, 6) is 0.214. The number of hydrogen-bond acceptors (Lipinski definition) is 3. The Hall–Kier alpha value is -1.72. The number of aromatic amines is 1. The second kappa shape index (κ2) is 5.34. The highest BCUT2D eigenvalue weighted by Gasteiger charge is 2.06. The van der Waals surface area contributed by atoms with E-state index >= 15 is 0 Å². The lowest BCUT2D eigenvalue weighted by atomic mass is 10.2. The van der Waals surface area contributed by atoms with Crippen molar-refractivity contribution in [3.05, 3.63) is 52.8 Å². The lowest BCUT2D eigenvalue weighted by molar-refractivity contribution is 0.627. The van der Waals surface area contributed by atoms with Gasteiger partial charge in [0, 0.05) is 11.4 Å². The van der Waals surface area contributed by atoms with Crippen molar-refractivity contribution in [2.75, 3.05) is 5.73 Å². The van der Waals surface area contributed by atoms with Crippen LogP contribution in [0.15, 0.2) is 41.6 Å². The minimum Gasteiger partial charge on any atom is -0.399 e. The summed E-state index contributed by atoms with van der Waals surface area (Å²) in [5.41, 5.74) is 9.03. The molecule has 0 spiro atoms. The molecule has 0 saturated carbocycles. The number of imidazole rings is 1. The average Bonchev–Trinajstić information content (AvgIpc) is 2.82. The zero-order chi connectivity index (χ0) is 14.1. The molecule has 0 fully saturated rings. The number of nitrogen functional groups attached to an aromatic ring is 1. The summed E-state index contributed by atoms with van der Waals surface area (Å²) >= 11 is 7.16. The van der Waals surface area contributed by atoms with Crippen molar-refractivity contribution >= 4 is 40.1 Å². The van der Waals surface area contributed by atoms with Gasteiger partial charge in [0.2, 0.25) is 0 Å². The van der Waals surface area contributed by atoms with Gasteiger partial charge in [-0.05, 0) is 35.9 Å². The quantitative estimate of drug-likeness (QED) is 0.562. The van der Waals surface area contributed by atoms with Crippen LogP contribution in [0.1, 0.15) is 5.56 Å². The molecule has 0 saturated heterocycles. The number of thioether (sulfide) groups is 1. The fraction of sp³-hybridized carbons (Fsp3) is 0.0714. The SMILES string of the molecule is Nc1ccc2nc(SCc3ccc(Cl)c(F)c3)[nH]c2c1. The van der Waals surface area contributed by atoms with Gasteiger partial charge < -0.3 is 10.7 Å². The largest absolute Gasteiger partial charge is 0.399 e. The average molecular weight is 308 g/mol. The van der Waals surface area contributed by atoms with Crippen LogP contribution in [-0.2, 0) is 5.75 Å². The molecule has 0 unspecified atom stereocenters. The van der Waals surface area contributed by atoms with Gasteiger partial charge in [0.15, 0.2) is 5.16 Å². The summed E-state index contributed by atoms with van der Waals surface area (Å²) in [6.07, 6.45) is 0. The molecule has 1 heterocycles. The first-order valence-electron chi connectivity index (χ1n) is 5.94. The number of H-pyrrole nitrogens is 1. The van der Waals surface area contributed by atoms with Gasteiger partial charge in [0.25, 0.3) is 0 Å². The number of benzene rings is 2. The van der Waals surface area contributed by atoms with E-state index in [2.05, 4.69) is 9.97 Å². The van der Waals surface area contributed by atoms with E-state index in [1.165, 1.54) is 17.8 Å². The maximum absolute atomic E-state index is 13.3. The lowest BCUT2D eigenvalue weighted by Crippen LogP contribution is -1.85. The van der Waals surface area contributed by atoms with E-state index in [4.69, 9.17) is 17.3 Å². The molecule has 3 rings (SSSR count). The highest BCUT2D eigenvalue weighted by molar-refractivity contribution is 7.98. The maximum atomic E-state index is 13.3. The van der Waals surface area contributed by atoms with Gasteiger partial charge in [-0.15, -0.1) is 0 Å². The second-order valence-corrected chi connectivity index (χ2v) is 5.73. The molecular formula is C14H11ClFN3S. The zero-order valence-electron chi connectivity index (χ0n) is 10.4. The molecule has 3 N–H and O–H groups in total. The Labute approximate surface area is 124 Å². The van der Waals surface area contributed by atoms with Crippen LogP contribution in [0.4, 0.5) is 10.1 Å². The zero-order valence-corrected chi connectivity index (χ0v) is 11.9. The minimum atomic E-state index is -0.401. The fourth-order valence-electron chi connectivity index (χ4n) is 1.85. The van der Waals surface area contributed by atoms with Crippen molar-refractivity contribution in [2.45, 2.75) is 10.9 Å². The number of anilines is 1. The third kappa shape index (κ3) is 2.73. The maximum Gasteiger partial charge on any atom is 0.166 e. The van der Waals surface area contributed by atoms with Gasteiger partial charge >= 0.3 is 0 Å². The Kier molecular flexibility index (Phi) is 3.54.